The van der Waals surface area contributed by atoms with Crippen molar-refractivity contribution in [3.8, 4) is 5.88 Å². The Hall–Kier alpha value is -2.50. The quantitative estimate of drug-likeness (QED) is 0.297. The van der Waals surface area contributed by atoms with Gasteiger partial charge in [-0.15, -0.1) is 0 Å². The molecular formula is C20H25ClF2N4O4S. The summed E-state index contributed by atoms with van der Waals surface area (Å²) >= 11 is 6.22. The minimum absolute atomic E-state index is 0.0289. The maximum atomic E-state index is 13.9. The van der Waals surface area contributed by atoms with Crippen molar-refractivity contribution in [1.29, 1.82) is 0 Å². The topological polar surface area (TPSA) is 104 Å². The smallest absolute Gasteiger partial charge is 0.344 e. The highest BCUT2D eigenvalue weighted by Crippen LogP contribution is 2.31. The van der Waals surface area contributed by atoms with E-state index in [0.29, 0.717) is 18.1 Å². The molecule has 1 heterocycles. The van der Waals surface area contributed by atoms with Crippen molar-refractivity contribution in [2.24, 2.45) is 0 Å². The summed E-state index contributed by atoms with van der Waals surface area (Å²) in [5, 5.41) is 14.2. The molecule has 0 bridgehead atoms. The van der Waals surface area contributed by atoms with Crippen molar-refractivity contribution >= 4 is 40.1 Å². The molecule has 0 fully saturated rings. The first kappa shape index (κ1) is 25.8. The van der Waals surface area contributed by atoms with Gasteiger partial charge >= 0.3 is 12.0 Å². The molecular weight excluding hydrogens is 466 g/mol. The van der Waals surface area contributed by atoms with Crippen molar-refractivity contribution in [3.63, 3.8) is 0 Å². The summed E-state index contributed by atoms with van der Waals surface area (Å²) in [5.74, 6) is -3.33. The van der Waals surface area contributed by atoms with Crippen LogP contribution in [0.25, 0.3) is 0 Å². The lowest BCUT2D eigenvalue weighted by molar-refractivity contribution is 0.0693. The predicted octanol–water partition coefficient (Wildman–Crippen LogP) is 4.60. The summed E-state index contributed by atoms with van der Waals surface area (Å²) in [6, 6.07) is 1.09. The van der Waals surface area contributed by atoms with E-state index in [0.717, 1.165) is 44.4 Å². The van der Waals surface area contributed by atoms with E-state index >= 15 is 0 Å². The van der Waals surface area contributed by atoms with Crippen molar-refractivity contribution in [2.75, 3.05) is 32.5 Å². The lowest BCUT2D eigenvalue weighted by Crippen LogP contribution is -2.29. The molecule has 2 rings (SSSR count). The molecule has 0 unspecified atom stereocenters. The van der Waals surface area contributed by atoms with Gasteiger partial charge in [0.25, 0.3) is 0 Å². The van der Waals surface area contributed by atoms with Gasteiger partial charge in [-0.1, -0.05) is 24.4 Å². The number of anilines is 1. The Morgan fingerprint density at radius 2 is 1.91 bits per heavy atom. The Bertz CT molecular complexity index is 943. The number of carboxylic acid groups (broad SMARTS) is 1. The van der Waals surface area contributed by atoms with E-state index in [9.17, 15) is 23.5 Å². The Labute approximate surface area is 193 Å². The average Bonchev–Trinajstić information content (AvgIpc) is 3.11. The summed E-state index contributed by atoms with van der Waals surface area (Å²) in [5.41, 5.74) is -0.530. The van der Waals surface area contributed by atoms with Crippen LogP contribution in [0.1, 0.15) is 41.6 Å². The van der Waals surface area contributed by atoms with Gasteiger partial charge in [-0.2, -0.15) is 4.37 Å². The van der Waals surface area contributed by atoms with Gasteiger partial charge in [0, 0.05) is 12.1 Å². The molecule has 2 amide bonds. The third-order valence-corrected chi connectivity index (χ3v) is 5.41. The van der Waals surface area contributed by atoms with E-state index < -0.39 is 30.2 Å². The van der Waals surface area contributed by atoms with Gasteiger partial charge in [-0.25, -0.2) is 18.4 Å². The SMILES string of the molecule is CN(C)CCCCCCNC(=O)Nc1snc(OCc2cc(F)c(Cl)cc2F)c1C(=O)O. The predicted molar refractivity (Wildman–Crippen MR) is 119 cm³/mol. The fourth-order valence-electron chi connectivity index (χ4n) is 2.72. The zero-order valence-electron chi connectivity index (χ0n) is 17.7. The molecule has 0 atom stereocenters. The largest absolute Gasteiger partial charge is 0.477 e. The maximum absolute atomic E-state index is 13.9. The van der Waals surface area contributed by atoms with Gasteiger partial charge in [0.15, 0.2) is 5.56 Å². The lowest BCUT2D eigenvalue weighted by atomic mass is 10.2. The van der Waals surface area contributed by atoms with Crippen molar-refractivity contribution in [1.82, 2.24) is 14.6 Å². The van der Waals surface area contributed by atoms with Crippen LogP contribution in [0.2, 0.25) is 5.02 Å². The number of nitrogens with zero attached hydrogens (tertiary/aromatic N) is 2. The second-order valence-electron chi connectivity index (χ2n) is 7.24. The van der Waals surface area contributed by atoms with Crippen LogP contribution in [0.4, 0.5) is 18.6 Å². The number of urea groups is 1. The molecule has 0 saturated heterocycles. The summed E-state index contributed by atoms with van der Waals surface area (Å²) in [6.45, 7) is 0.991. The van der Waals surface area contributed by atoms with Crippen molar-refractivity contribution in [3.05, 3.63) is 39.9 Å². The second-order valence-corrected chi connectivity index (χ2v) is 8.42. The minimum Gasteiger partial charge on any atom is -0.477 e. The number of ether oxygens (including phenoxy) is 1. The fraction of sp³-hybridized carbons (Fsp3) is 0.450. The van der Waals surface area contributed by atoms with Gasteiger partial charge in [0.05, 0.1) is 5.02 Å². The zero-order chi connectivity index (χ0) is 23.7. The second kappa shape index (κ2) is 12.5. The summed E-state index contributed by atoms with van der Waals surface area (Å²) in [7, 11) is 4.03. The van der Waals surface area contributed by atoms with Crippen LogP contribution in [0.15, 0.2) is 12.1 Å². The number of rotatable bonds is 12. The standard InChI is InChI=1S/C20H25ClF2N4O4S/c1-27(2)8-6-4-3-5-7-24-20(30)25-18-16(19(28)29)17(26-32-18)31-11-12-9-15(23)13(21)10-14(12)22/h9-10H,3-8,11H2,1-2H3,(H,28,29)(H2,24,25,30). The third-order valence-electron chi connectivity index (χ3n) is 4.37. The first-order valence-electron chi connectivity index (χ1n) is 9.87. The van der Waals surface area contributed by atoms with E-state index in [4.69, 9.17) is 16.3 Å². The zero-order valence-corrected chi connectivity index (χ0v) is 19.3. The van der Waals surface area contributed by atoms with Crippen molar-refractivity contribution in [2.45, 2.75) is 32.3 Å². The molecule has 2 aromatic rings. The first-order valence-corrected chi connectivity index (χ1v) is 11.0. The molecule has 0 aliphatic heterocycles. The van der Waals surface area contributed by atoms with Gasteiger partial charge < -0.3 is 20.1 Å². The molecule has 12 heteroatoms. The van der Waals surface area contributed by atoms with Crippen LogP contribution in [-0.4, -0.2) is 53.6 Å². The van der Waals surface area contributed by atoms with E-state index in [-0.39, 0.29) is 27.0 Å². The van der Waals surface area contributed by atoms with Crippen LogP contribution in [0.5, 0.6) is 5.88 Å². The number of amides is 2. The third kappa shape index (κ3) is 7.88. The number of benzene rings is 1. The monoisotopic (exact) mass is 490 g/mol. The number of hydrogen-bond donors (Lipinski definition) is 3. The number of carbonyl (C=O) groups is 2. The molecule has 3 N–H and O–H groups in total. The molecule has 0 aliphatic rings. The lowest BCUT2D eigenvalue weighted by Gasteiger charge is -2.09. The normalized spacial score (nSPS) is 10.9. The van der Waals surface area contributed by atoms with Crippen LogP contribution in [0, 0.1) is 11.6 Å². The Morgan fingerprint density at radius 1 is 1.19 bits per heavy atom. The van der Waals surface area contributed by atoms with Gasteiger partial charge in [-0.3, -0.25) is 5.32 Å². The van der Waals surface area contributed by atoms with Gasteiger partial charge in [-0.05, 0) is 57.1 Å². The summed E-state index contributed by atoms with van der Waals surface area (Å²) in [6.07, 6.45) is 3.90. The average molecular weight is 491 g/mol. The van der Waals surface area contributed by atoms with Crippen LogP contribution in [-0.2, 0) is 6.61 Å². The fourth-order valence-corrected chi connectivity index (χ4v) is 3.60. The highest BCUT2D eigenvalue weighted by atomic mass is 35.5. The number of unbranched alkanes of at least 4 members (excludes halogenated alkanes) is 3. The van der Waals surface area contributed by atoms with Crippen LogP contribution >= 0.6 is 23.1 Å². The van der Waals surface area contributed by atoms with E-state index in [1.165, 1.54) is 0 Å². The highest BCUT2D eigenvalue weighted by molar-refractivity contribution is 7.11. The molecule has 1 aromatic heterocycles. The Balaban J connectivity index is 1.89. The van der Waals surface area contributed by atoms with E-state index in [1.807, 2.05) is 14.1 Å². The van der Waals surface area contributed by atoms with Gasteiger partial charge in [0.2, 0.25) is 5.88 Å². The Kier molecular flexibility index (Phi) is 10.1. The molecule has 176 valence electrons. The number of hydrogen-bond acceptors (Lipinski definition) is 6. The Morgan fingerprint density at radius 3 is 2.59 bits per heavy atom. The van der Waals surface area contributed by atoms with Crippen molar-refractivity contribution < 1.29 is 28.2 Å². The molecule has 0 radical (unpaired) electrons. The molecule has 1 aromatic carbocycles. The molecule has 32 heavy (non-hydrogen) atoms. The number of aromatic carboxylic acids is 1. The highest BCUT2D eigenvalue weighted by Gasteiger charge is 2.24. The molecule has 0 spiro atoms. The summed E-state index contributed by atoms with van der Waals surface area (Å²) < 4.78 is 36.6. The molecule has 0 saturated carbocycles. The van der Waals surface area contributed by atoms with Gasteiger partial charge in [0.1, 0.15) is 23.2 Å². The first-order chi connectivity index (χ1) is 15.2. The van der Waals surface area contributed by atoms with Crippen LogP contribution < -0.4 is 15.4 Å². The minimum atomic E-state index is -1.38. The summed E-state index contributed by atoms with van der Waals surface area (Å²) in [4.78, 5) is 25.8. The number of nitrogens with one attached hydrogen (secondary N) is 2. The molecule has 0 aliphatic carbocycles. The maximum Gasteiger partial charge on any atom is 0.344 e. The van der Waals surface area contributed by atoms with E-state index in [1.54, 1.807) is 0 Å². The number of carboxylic acids is 1. The number of aromatic nitrogens is 1. The van der Waals surface area contributed by atoms with E-state index in [2.05, 4.69) is 19.9 Å². The van der Waals surface area contributed by atoms with Crippen LogP contribution in [0.3, 0.4) is 0 Å². The molecule has 8 nitrogen and oxygen atoms in total. The number of halogens is 3. The number of carbonyl (C=O) groups excluding carboxylic acids is 1.